The second-order valence-corrected chi connectivity index (χ2v) is 10.5. The summed E-state index contributed by atoms with van der Waals surface area (Å²) in [5, 5.41) is 4.84. The maximum Gasteiger partial charge on any atom is 0.147 e. The van der Waals surface area contributed by atoms with Crippen LogP contribution in [0.5, 0.6) is 0 Å². The summed E-state index contributed by atoms with van der Waals surface area (Å²) in [6.07, 6.45) is 12.0. The lowest BCUT2D eigenvalue weighted by atomic mass is 9.77. The number of anilines is 2. The highest BCUT2D eigenvalue weighted by molar-refractivity contribution is 7.99. The van der Waals surface area contributed by atoms with Crippen LogP contribution in [-0.4, -0.2) is 23.1 Å². The average molecular weight is 477 g/mol. The van der Waals surface area contributed by atoms with Crippen molar-refractivity contribution < 1.29 is 0 Å². The SMILES string of the molecule is C=C(Nc1cccc(Sc2cnc(N3CCC4(CCCC4)CC3)cn2)c1Cl)c1ccccc1. The Bertz CT molecular complexity index is 1100. The first-order valence-corrected chi connectivity index (χ1v) is 12.9. The lowest BCUT2D eigenvalue weighted by molar-refractivity contribution is 0.226. The Hall–Kier alpha value is -2.50. The van der Waals surface area contributed by atoms with Gasteiger partial charge in [-0.1, -0.05) is 79.2 Å². The third kappa shape index (κ3) is 5.04. The number of nitrogens with zero attached hydrogens (tertiary/aromatic N) is 3. The van der Waals surface area contributed by atoms with E-state index in [9.17, 15) is 0 Å². The van der Waals surface area contributed by atoms with Crippen LogP contribution in [0.2, 0.25) is 5.02 Å². The molecule has 5 rings (SSSR count). The molecule has 1 aliphatic heterocycles. The van der Waals surface area contributed by atoms with Gasteiger partial charge in [-0.15, -0.1) is 0 Å². The zero-order valence-electron chi connectivity index (χ0n) is 18.8. The molecule has 3 aromatic rings. The van der Waals surface area contributed by atoms with E-state index in [1.807, 2.05) is 60.9 Å². The number of aromatic nitrogens is 2. The molecular weight excluding hydrogens is 448 g/mol. The highest BCUT2D eigenvalue weighted by Crippen LogP contribution is 2.46. The molecule has 0 radical (unpaired) electrons. The summed E-state index contributed by atoms with van der Waals surface area (Å²) in [6.45, 7) is 6.33. The molecule has 33 heavy (non-hydrogen) atoms. The van der Waals surface area contributed by atoms with Crippen molar-refractivity contribution in [3.8, 4) is 0 Å². The molecule has 2 fully saturated rings. The van der Waals surface area contributed by atoms with Crippen LogP contribution in [0.25, 0.3) is 5.70 Å². The van der Waals surface area contributed by atoms with Gasteiger partial charge in [-0.05, 0) is 48.8 Å². The molecule has 0 atom stereocenters. The van der Waals surface area contributed by atoms with Crippen molar-refractivity contribution in [2.24, 2.45) is 5.41 Å². The number of hydrogen-bond acceptors (Lipinski definition) is 5. The summed E-state index contributed by atoms with van der Waals surface area (Å²) < 4.78 is 0. The summed E-state index contributed by atoms with van der Waals surface area (Å²) in [4.78, 5) is 12.7. The summed E-state index contributed by atoms with van der Waals surface area (Å²) in [7, 11) is 0. The van der Waals surface area contributed by atoms with Gasteiger partial charge in [-0.3, -0.25) is 0 Å². The zero-order chi connectivity index (χ0) is 22.7. The minimum absolute atomic E-state index is 0.612. The van der Waals surface area contributed by atoms with Gasteiger partial charge in [0, 0.05) is 23.7 Å². The molecule has 170 valence electrons. The highest BCUT2D eigenvalue weighted by atomic mass is 35.5. The molecule has 1 saturated carbocycles. The van der Waals surface area contributed by atoms with Crippen LogP contribution >= 0.6 is 23.4 Å². The smallest absolute Gasteiger partial charge is 0.147 e. The van der Waals surface area contributed by atoms with Crippen molar-refractivity contribution >= 4 is 40.6 Å². The lowest BCUT2D eigenvalue weighted by Gasteiger charge is -2.39. The summed E-state index contributed by atoms with van der Waals surface area (Å²) in [6, 6.07) is 16.0. The van der Waals surface area contributed by atoms with Gasteiger partial charge in [0.2, 0.25) is 0 Å². The topological polar surface area (TPSA) is 41.1 Å². The summed E-state index contributed by atoms with van der Waals surface area (Å²) >= 11 is 8.25. The Morgan fingerprint density at radius 1 is 0.939 bits per heavy atom. The number of rotatable bonds is 6. The lowest BCUT2D eigenvalue weighted by Crippen LogP contribution is -2.39. The van der Waals surface area contributed by atoms with Gasteiger partial charge in [0.25, 0.3) is 0 Å². The molecule has 0 bridgehead atoms. The van der Waals surface area contributed by atoms with Gasteiger partial charge in [0.1, 0.15) is 10.8 Å². The standard InChI is InChI=1S/C27H29ClN4S/c1-20(21-8-3-2-4-9-21)31-22-10-7-11-23(26(22)28)33-25-19-29-24(18-30-25)32-16-14-27(15-17-32)12-5-6-13-27/h2-4,7-11,18-19,31H,1,5-6,12-17H2. The van der Waals surface area contributed by atoms with Crippen molar-refractivity contribution in [3.63, 3.8) is 0 Å². The molecule has 1 spiro atoms. The van der Waals surface area contributed by atoms with Crippen LogP contribution in [0.15, 0.2) is 77.4 Å². The predicted octanol–water partition coefficient (Wildman–Crippen LogP) is 7.52. The van der Waals surface area contributed by atoms with Crippen molar-refractivity contribution in [1.82, 2.24) is 9.97 Å². The first-order valence-electron chi connectivity index (χ1n) is 11.7. The first kappa shape index (κ1) is 22.3. The van der Waals surface area contributed by atoms with E-state index in [2.05, 4.69) is 21.8 Å². The van der Waals surface area contributed by atoms with Crippen molar-refractivity contribution in [2.45, 2.75) is 48.4 Å². The second-order valence-electron chi connectivity index (χ2n) is 9.10. The minimum Gasteiger partial charge on any atom is -0.355 e. The first-order chi connectivity index (χ1) is 16.1. The molecule has 2 aromatic carbocycles. The van der Waals surface area contributed by atoms with Crippen LogP contribution in [0, 0.1) is 5.41 Å². The number of hydrogen-bond donors (Lipinski definition) is 1. The molecular formula is C27H29ClN4S. The Kier molecular flexibility index (Phi) is 6.61. The fourth-order valence-electron chi connectivity index (χ4n) is 5.03. The Morgan fingerprint density at radius 3 is 2.39 bits per heavy atom. The Morgan fingerprint density at radius 2 is 1.70 bits per heavy atom. The fraction of sp³-hybridized carbons (Fsp3) is 0.333. The van der Waals surface area contributed by atoms with E-state index in [1.165, 1.54) is 50.3 Å². The minimum atomic E-state index is 0.612. The van der Waals surface area contributed by atoms with Crippen LogP contribution in [0.3, 0.4) is 0 Å². The maximum atomic E-state index is 6.72. The van der Waals surface area contributed by atoms with Crippen molar-refractivity contribution in [2.75, 3.05) is 23.3 Å². The van der Waals surface area contributed by atoms with Gasteiger partial charge in [0.05, 0.1) is 23.1 Å². The van der Waals surface area contributed by atoms with E-state index in [-0.39, 0.29) is 0 Å². The van der Waals surface area contributed by atoms with Crippen molar-refractivity contribution in [3.05, 3.63) is 78.1 Å². The largest absolute Gasteiger partial charge is 0.355 e. The molecule has 6 heteroatoms. The molecule has 1 aromatic heterocycles. The number of piperidine rings is 1. The molecule has 0 unspecified atom stereocenters. The van der Waals surface area contributed by atoms with E-state index in [0.717, 1.165) is 45.8 Å². The molecule has 1 aliphatic carbocycles. The third-order valence-electron chi connectivity index (χ3n) is 7.01. The van der Waals surface area contributed by atoms with Crippen molar-refractivity contribution in [1.29, 1.82) is 0 Å². The van der Waals surface area contributed by atoms with Crippen LogP contribution in [0.4, 0.5) is 11.5 Å². The second kappa shape index (κ2) is 9.78. The molecule has 2 heterocycles. The molecule has 0 amide bonds. The van der Waals surface area contributed by atoms with Crippen LogP contribution < -0.4 is 10.2 Å². The normalized spacial score (nSPS) is 17.3. The molecule has 1 N–H and O–H groups in total. The van der Waals surface area contributed by atoms with E-state index in [0.29, 0.717) is 10.4 Å². The molecule has 4 nitrogen and oxygen atoms in total. The number of nitrogens with one attached hydrogen (secondary N) is 1. The van der Waals surface area contributed by atoms with Gasteiger partial charge in [-0.25, -0.2) is 9.97 Å². The molecule has 2 aliphatic rings. The van der Waals surface area contributed by atoms with Crippen LogP contribution in [0.1, 0.15) is 44.1 Å². The third-order valence-corrected chi connectivity index (χ3v) is 8.51. The monoisotopic (exact) mass is 476 g/mol. The zero-order valence-corrected chi connectivity index (χ0v) is 20.3. The Balaban J connectivity index is 1.23. The quantitative estimate of drug-likeness (QED) is 0.398. The summed E-state index contributed by atoms with van der Waals surface area (Å²) in [5.74, 6) is 0.980. The van der Waals surface area contributed by atoms with Crippen LogP contribution in [-0.2, 0) is 0 Å². The Labute approximate surface area is 205 Å². The number of halogens is 1. The fourth-order valence-corrected chi connectivity index (χ4v) is 6.10. The predicted molar refractivity (Wildman–Crippen MR) is 139 cm³/mol. The van der Waals surface area contributed by atoms with Gasteiger partial charge in [-0.2, -0.15) is 0 Å². The van der Waals surface area contributed by atoms with E-state index >= 15 is 0 Å². The highest BCUT2D eigenvalue weighted by Gasteiger charge is 2.37. The summed E-state index contributed by atoms with van der Waals surface area (Å²) in [5.41, 5.74) is 3.28. The number of benzene rings is 2. The maximum absolute atomic E-state index is 6.72. The average Bonchev–Trinajstić information content (AvgIpc) is 3.31. The van der Waals surface area contributed by atoms with Gasteiger partial charge >= 0.3 is 0 Å². The van der Waals surface area contributed by atoms with E-state index < -0.39 is 0 Å². The van der Waals surface area contributed by atoms with Gasteiger partial charge < -0.3 is 10.2 Å². The molecule has 1 saturated heterocycles. The van der Waals surface area contributed by atoms with E-state index in [1.54, 1.807) is 0 Å². The van der Waals surface area contributed by atoms with Gasteiger partial charge in [0.15, 0.2) is 0 Å². The van der Waals surface area contributed by atoms with E-state index in [4.69, 9.17) is 16.6 Å².